The van der Waals surface area contributed by atoms with Crippen LogP contribution in [0.2, 0.25) is 0 Å². The van der Waals surface area contributed by atoms with E-state index < -0.39 is 0 Å². The second-order valence-corrected chi connectivity index (χ2v) is 8.18. The summed E-state index contributed by atoms with van der Waals surface area (Å²) in [6, 6.07) is 16.8. The van der Waals surface area contributed by atoms with Crippen LogP contribution in [0.5, 0.6) is 0 Å². The van der Waals surface area contributed by atoms with E-state index in [1.165, 1.54) is 6.08 Å². The summed E-state index contributed by atoms with van der Waals surface area (Å²) in [5.41, 5.74) is 4.73. The lowest BCUT2D eigenvalue weighted by atomic mass is 10.1. The van der Waals surface area contributed by atoms with E-state index >= 15 is 0 Å². The van der Waals surface area contributed by atoms with E-state index in [1.54, 1.807) is 24.5 Å². The van der Waals surface area contributed by atoms with Gasteiger partial charge in [0.2, 0.25) is 5.91 Å². The van der Waals surface area contributed by atoms with Crippen molar-refractivity contribution in [3.05, 3.63) is 95.3 Å². The number of morpholine rings is 1. The fourth-order valence-corrected chi connectivity index (χ4v) is 3.64. The molecule has 1 aromatic heterocycles. The molecule has 0 unspecified atom stereocenters. The summed E-state index contributed by atoms with van der Waals surface area (Å²) in [7, 11) is 0. The topological polar surface area (TPSA) is 83.6 Å². The molecule has 1 aliphatic heterocycles. The molecular weight excluding hydrogens is 428 g/mol. The van der Waals surface area contributed by atoms with E-state index in [2.05, 4.69) is 20.5 Å². The number of carbonyl (C=O) groups excluding carboxylic acids is 2. The lowest BCUT2D eigenvalue weighted by molar-refractivity contribution is -0.111. The van der Waals surface area contributed by atoms with Gasteiger partial charge in [0.05, 0.1) is 13.2 Å². The number of pyridine rings is 1. The minimum Gasteiger partial charge on any atom is -0.379 e. The Morgan fingerprint density at radius 2 is 1.85 bits per heavy atom. The molecule has 2 heterocycles. The van der Waals surface area contributed by atoms with Crippen molar-refractivity contribution in [1.29, 1.82) is 0 Å². The maximum Gasteiger partial charge on any atom is 0.255 e. The molecular formula is C27H28N4O3. The highest BCUT2D eigenvalue weighted by molar-refractivity contribution is 6.05. The number of carbonyl (C=O) groups is 2. The van der Waals surface area contributed by atoms with Crippen LogP contribution >= 0.6 is 0 Å². The van der Waals surface area contributed by atoms with Crippen molar-refractivity contribution in [2.75, 3.05) is 36.9 Å². The summed E-state index contributed by atoms with van der Waals surface area (Å²) in [5, 5.41) is 5.78. The molecule has 0 bridgehead atoms. The fourth-order valence-electron chi connectivity index (χ4n) is 3.64. The Kier molecular flexibility index (Phi) is 7.80. The number of hydrogen-bond acceptors (Lipinski definition) is 5. The number of nitrogens with one attached hydrogen (secondary N) is 2. The Balaban J connectivity index is 1.36. The van der Waals surface area contributed by atoms with Gasteiger partial charge in [-0.2, -0.15) is 0 Å². The molecule has 174 valence electrons. The average Bonchev–Trinajstić information content (AvgIpc) is 2.86. The molecule has 1 saturated heterocycles. The van der Waals surface area contributed by atoms with Gasteiger partial charge in [-0.1, -0.05) is 24.3 Å². The number of amides is 2. The number of ether oxygens (including phenoxy) is 1. The summed E-state index contributed by atoms with van der Waals surface area (Å²) in [4.78, 5) is 31.5. The molecule has 1 aliphatic rings. The zero-order chi connectivity index (χ0) is 23.8. The van der Waals surface area contributed by atoms with E-state index in [4.69, 9.17) is 4.74 Å². The van der Waals surface area contributed by atoms with Gasteiger partial charge in [0.25, 0.3) is 5.91 Å². The Morgan fingerprint density at radius 1 is 1.06 bits per heavy atom. The monoisotopic (exact) mass is 456 g/mol. The first-order chi connectivity index (χ1) is 16.6. The van der Waals surface area contributed by atoms with Gasteiger partial charge in [-0.05, 0) is 60.0 Å². The van der Waals surface area contributed by atoms with Gasteiger partial charge in [0, 0.05) is 55.0 Å². The number of nitrogens with zero attached hydrogens (tertiary/aromatic N) is 2. The molecule has 0 radical (unpaired) electrons. The Hall–Kier alpha value is -3.81. The molecule has 3 aromatic rings. The minimum atomic E-state index is -0.258. The van der Waals surface area contributed by atoms with E-state index in [9.17, 15) is 9.59 Å². The van der Waals surface area contributed by atoms with Crippen molar-refractivity contribution in [1.82, 2.24) is 9.88 Å². The van der Waals surface area contributed by atoms with Crippen LogP contribution < -0.4 is 10.6 Å². The second kappa shape index (κ2) is 11.4. The van der Waals surface area contributed by atoms with Gasteiger partial charge >= 0.3 is 0 Å². The SMILES string of the molecule is Cc1ccc(NC(=O)c2ccc(CN3CCOCC3)cc2)cc1NC(=O)C=Cc1cccnc1. The summed E-state index contributed by atoms with van der Waals surface area (Å²) in [6.07, 6.45) is 6.52. The fraction of sp³-hybridized carbons (Fsp3) is 0.222. The summed E-state index contributed by atoms with van der Waals surface area (Å²) >= 11 is 0. The summed E-state index contributed by atoms with van der Waals surface area (Å²) in [6.45, 7) is 6.13. The third-order valence-corrected chi connectivity index (χ3v) is 5.59. The molecule has 0 spiro atoms. The molecule has 1 fully saturated rings. The molecule has 4 rings (SSSR count). The van der Waals surface area contributed by atoms with Crippen LogP contribution in [0, 0.1) is 6.92 Å². The molecule has 2 N–H and O–H groups in total. The zero-order valence-electron chi connectivity index (χ0n) is 19.2. The predicted octanol–water partition coefficient (Wildman–Crippen LogP) is 4.13. The normalized spacial score (nSPS) is 14.1. The molecule has 2 aromatic carbocycles. The largest absolute Gasteiger partial charge is 0.379 e. The van der Waals surface area contributed by atoms with Gasteiger partial charge < -0.3 is 15.4 Å². The first kappa shape index (κ1) is 23.4. The summed E-state index contributed by atoms with van der Waals surface area (Å²) < 4.78 is 5.39. The van der Waals surface area contributed by atoms with Crippen LogP contribution in [-0.4, -0.2) is 48.0 Å². The van der Waals surface area contributed by atoms with Crippen molar-refractivity contribution in [2.24, 2.45) is 0 Å². The first-order valence-electron chi connectivity index (χ1n) is 11.3. The Morgan fingerprint density at radius 3 is 2.59 bits per heavy atom. The molecule has 0 aliphatic carbocycles. The number of rotatable bonds is 7. The van der Waals surface area contributed by atoms with Crippen molar-refractivity contribution >= 4 is 29.3 Å². The molecule has 7 heteroatoms. The van der Waals surface area contributed by atoms with E-state index in [-0.39, 0.29) is 11.8 Å². The van der Waals surface area contributed by atoms with Crippen LogP contribution in [0.4, 0.5) is 11.4 Å². The second-order valence-electron chi connectivity index (χ2n) is 8.18. The lowest BCUT2D eigenvalue weighted by Gasteiger charge is -2.26. The van der Waals surface area contributed by atoms with Crippen LogP contribution in [0.25, 0.3) is 6.08 Å². The molecule has 7 nitrogen and oxygen atoms in total. The highest BCUT2D eigenvalue weighted by Gasteiger charge is 2.12. The highest BCUT2D eigenvalue weighted by atomic mass is 16.5. The van der Waals surface area contributed by atoms with E-state index in [0.717, 1.165) is 49.5 Å². The van der Waals surface area contributed by atoms with Crippen LogP contribution in [0.1, 0.15) is 27.0 Å². The third-order valence-electron chi connectivity index (χ3n) is 5.59. The Bertz CT molecular complexity index is 1150. The minimum absolute atomic E-state index is 0.199. The highest BCUT2D eigenvalue weighted by Crippen LogP contribution is 2.21. The van der Waals surface area contributed by atoms with Gasteiger partial charge in [-0.15, -0.1) is 0 Å². The standard InChI is InChI=1S/C27H28N4O3/c1-20-4-10-24(17-25(20)30-26(32)11-7-21-3-2-12-28-18-21)29-27(33)23-8-5-22(6-9-23)19-31-13-15-34-16-14-31/h2-12,17-18H,13-16,19H2,1H3,(H,29,33)(H,30,32). The van der Waals surface area contributed by atoms with Crippen molar-refractivity contribution in [2.45, 2.75) is 13.5 Å². The maximum atomic E-state index is 12.8. The predicted molar refractivity (Wildman–Crippen MR) is 134 cm³/mol. The first-order valence-corrected chi connectivity index (χ1v) is 11.3. The lowest BCUT2D eigenvalue weighted by Crippen LogP contribution is -2.35. The molecule has 2 amide bonds. The van der Waals surface area contributed by atoms with Crippen molar-refractivity contribution in [3.8, 4) is 0 Å². The van der Waals surface area contributed by atoms with Crippen molar-refractivity contribution < 1.29 is 14.3 Å². The zero-order valence-corrected chi connectivity index (χ0v) is 19.2. The van der Waals surface area contributed by atoms with Crippen LogP contribution in [0.3, 0.4) is 0 Å². The van der Waals surface area contributed by atoms with Crippen LogP contribution in [-0.2, 0) is 16.1 Å². The number of hydrogen-bond donors (Lipinski definition) is 2. The van der Waals surface area contributed by atoms with E-state index in [0.29, 0.717) is 16.9 Å². The van der Waals surface area contributed by atoms with Gasteiger partial charge in [-0.25, -0.2) is 0 Å². The van der Waals surface area contributed by atoms with Gasteiger partial charge in [0.15, 0.2) is 0 Å². The third kappa shape index (κ3) is 6.60. The molecule has 0 saturated carbocycles. The number of aryl methyl sites for hydroxylation is 1. The van der Waals surface area contributed by atoms with Gasteiger partial charge in [0.1, 0.15) is 0 Å². The number of anilines is 2. The van der Waals surface area contributed by atoms with Crippen molar-refractivity contribution in [3.63, 3.8) is 0 Å². The van der Waals surface area contributed by atoms with E-state index in [1.807, 2.05) is 55.5 Å². The quantitative estimate of drug-likeness (QED) is 0.523. The van der Waals surface area contributed by atoms with Gasteiger partial charge in [-0.3, -0.25) is 19.5 Å². The molecule has 0 atom stereocenters. The number of benzene rings is 2. The van der Waals surface area contributed by atoms with Crippen LogP contribution in [0.15, 0.2) is 73.1 Å². The summed E-state index contributed by atoms with van der Waals surface area (Å²) in [5.74, 6) is -0.457. The number of aromatic nitrogens is 1. The Labute approximate surface area is 199 Å². The molecule has 34 heavy (non-hydrogen) atoms. The smallest absolute Gasteiger partial charge is 0.255 e. The average molecular weight is 457 g/mol. The maximum absolute atomic E-state index is 12.8.